The Morgan fingerprint density at radius 3 is 2.39 bits per heavy atom. The molecule has 3 nitrogen and oxygen atoms in total. The lowest BCUT2D eigenvalue weighted by molar-refractivity contribution is -0.137. The molecule has 0 spiro atoms. The molecule has 1 saturated heterocycles. The van der Waals surface area contributed by atoms with Crippen LogP contribution in [0.2, 0.25) is 0 Å². The van der Waals surface area contributed by atoms with Crippen molar-refractivity contribution in [1.29, 1.82) is 0 Å². The van der Waals surface area contributed by atoms with Gasteiger partial charge in [0.25, 0.3) is 0 Å². The molecular weight excluding hydrogens is 365 g/mol. The number of benzene rings is 1. The smallest absolute Gasteiger partial charge is 0.306 e. The van der Waals surface area contributed by atoms with Crippen LogP contribution >= 0.6 is 0 Å². The van der Waals surface area contributed by atoms with E-state index in [9.17, 15) is 18.0 Å². The number of piperidine rings is 1. The van der Waals surface area contributed by atoms with Crippen molar-refractivity contribution in [2.24, 2.45) is 11.8 Å². The molecule has 6 heteroatoms. The number of aromatic nitrogens is 1. The molecule has 2 aromatic rings. The monoisotopic (exact) mass is 388 g/mol. The van der Waals surface area contributed by atoms with Crippen molar-refractivity contribution in [3.8, 4) is 11.3 Å². The second-order valence-corrected chi connectivity index (χ2v) is 7.88. The zero-order chi connectivity index (χ0) is 19.9. The molecule has 4 unspecified atom stereocenters. The van der Waals surface area contributed by atoms with E-state index in [2.05, 4.69) is 10.3 Å². The van der Waals surface area contributed by atoms with Gasteiger partial charge in [-0.1, -0.05) is 38.0 Å². The van der Waals surface area contributed by atoms with Gasteiger partial charge in [-0.05, 0) is 36.6 Å². The second-order valence-electron chi connectivity index (χ2n) is 7.88. The summed E-state index contributed by atoms with van der Waals surface area (Å²) in [6, 6.07) is 8.90. The maximum absolute atomic E-state index is 12.8. The van der Waals surface area contributed by atoms with Crippen LogP contribution in [0.15, 0.2) is 42.6 Å². The largest absolute Gasteiger partial charge is 0.416 e. The number of Topliss-reactive ketones (excluding diaryl/α,β-unsaturated/α-hetero) is 1. The summed E-state index contributed by atoms with van der Waals surface area (Å²) in [5.41, 5.74) is 1.52. The third-order valence-corrected chi connectivity index (χ3v) is 6.13. The minimum absolute atomic E-state index is 0.0685. The molecule has 2 aliphatic rings. The van der Waals surface area contributed by atoms with Gasteiger partial charge in [0.15, 0.2) is 0 Å². The highest BCUT2D eigenvalue weighted by Gasteiger charge is 2.42. The van der Waals surface area contributed by atoms with Crippen LogP contribution in [0.5, 0.6) is 0 Å². The second kappa shape index (κ2) is 7.32. The molecular formula is C22H23F3N2O. The number of halogens is 3. The fraction of sp³-hybridized carbons (Fsp3) is 0.455. The number of hydrogen-bond donors (Lipinski definition) is 1. The van der Waals surface area contributed by atoms with Gasteiger partial charge in [-0.3, -0.25) is 9.78 Å². The van der Waals surface area contributed by atoms with E-state index in [-0.39, 0.29) is 23.9 Å². The number of alkyl halides is 3. The van der Waals surface area contributed by atoms with Gasteiger partial charge >= 0.3 is 6.18 Å². The first kappa shape index (κ1) is 19.1. The number of nitrogens with one attached hydrogen (secondary N) is 1. The Morgan fingerprint density at radius 1 is 1.04 bits per heavy atom. The zero-order valence-electron chi connectivity index (χ0n) is 15.7. The van der Waals surface area contributed by atoms with Gasteiger partial charge in [0.05, 0.1) is 11.3 Å². The molecule has 28 heavy (non-hydrogen) atoms. The molecule has 148 valence electrons. The van der Waals surface area contributed by atoms with Gasteiger partial charge in [0.1, 0.15) is 5.78 Å². The van der Waals surface area contributed by atoms with Gasteiger partial charge in [0, 0.05) is 35.7 Å². The summed E-state index contributed by atoms with van der Waals surface area (Å²) in [5.74, 6) is 0.345. The number of pyridine rings is 1. The lowest BCUT2D eigenvalue weighted by Gasteiger charge is -2.42. The van der Waals surface area contributed by atoms with Crippen LogP contribution in [0, 0.1) is 11.8 Å². The molecule has 1 aromatic carbocycles. The van der Waals surface area contributed by atoms with Gasteiger partial charge in [-0.15, -0.1) is 0 Å². The van der Waals surface area contributed by atoms with Gasteiger partial charge < -0.3 is 5.32 Å². The zero-order valence-corrected chi connectivity index (χ0v) is 15.7. The summed E-state index contributed by atoms with van der Waals surface area (Å²) in [6.45, 7) is 1.97. The van der Waals surface area contributed by atoms with Crippen molar-refractivity contribution in [3.63, 3.8) is 0 Å². The van der Waals surface area contributed by atoms with E-state index < -0.39 is 11.7 Å². The van der Waals surface area contributed by atoms with Crippen LogP contribution in [-0.2, 0) is 11.0 Å². The third-order valence-electron chi connectivity index (χ3n) is 6.13. The topological polar surface area (TPSA) is 42.0 Å². The van der Waals surface area contributed by atoms with Crippen molar-refractivity contribution < 1.29 is 18.0 Å². The van der Waals surface area contributed by atoms with Crippen molar-refractivity contribution in [2.45, 2.75) is 50.9 Å². The first-order valence-electron chi connectivity index (χ1n) is 9.78. The quantitative estimate of drug-likeness (QED) is 0.771. The van der Waals surface area contributed by atoms with Crippen molar-refractivity contribution >= 4 is 5.78 Å². The minimum atomic E-state index is -4.35. The fourth-order valence-electron chi connectivity index (χ4n) is 4.52. The number of fused-ring (bicyclic) bond motifs is 1. The van der Waals surface area contributed by atoms with E-state index in [4.69, 9.17) is 0 Å². The summed E-state index contributed by atoms with van der Waals surface area (Å²) >= 11 is 0. The SMILES string of the molecule is CC1C(=O)C2CCCCC2NC1c1ccc(-c2ccc(C(F)(F)F)cc2)nc1. The Labute approximate surface area is 162 Å². The molecule has 2 heterocycles. The van der Waals surface area contributed by atoms with E-state index in [0.29, 0.717) is 17.0 Å². The maximum atomic E-state index is 12.8. The number of hydrogen-bond acceptors (Lipinski definition) is 3. The molecule has 2 fully saturated rings. The predicted octanol–water partition coefficient (Wildman–Crippen LogP) is 5.18. The molecule has 4 rings (SSSR count). The Morgan fingerprint density at radius 2 is 1.75 bits per heavy atom. The molecule has 1 aliphatic carbocycles. The molecule has 1 N–H and O–H groups in total. The normalized spacial score (nSPS) is 28.1. The van der Waals surface area contributed by atoms with E-state index in [1.165, 1.54) is 12.1 Å². The molecule has 0 amide bonds. The fourth-order valence-corrected chi connectivity index (χ4v) is 4.52. The number of ketones is 1. The van der Waals surface area contributed by atoms with Crippen molar-refractivity contribution in [1.82, 2.24) is 10.3 Å². The van der Waals surface area contributed by atoms with E-state index in [1.807, 2.05) is 19.1 Å². The van der Waals surface area contributed by atoms with Crippen LogP contribution in [-0.4, -0.2) is 16.8 Å². The van der Waals surface area contributed by atoms with E-state index >= 15 is 0 Å². The number of carbonyl (C=O) groups excluding carboxylic acids is 1. The molecule has 1 saturated carbocycles. The highest BCUT2D eigenvalue weighted by atomic mass is 19.4. The summed E-state index contributed by atoms with van der Waals surface area (Å²) in [6.07, 6.45) is 1.65. The first-order valence-corrected chi connectivity index (χ1v) is 9.78. The molecule has 0 radical (unpaired) electrons. The minimum Gasteiger partial charge on any atom is -0.306 e. The number of rotatable bonds is 2. The average molecular weight is 388 g/mol. The summed E-state index contributed by atoms with van der Waals surface area (Å²) in [4.78, 5) is 17.2. The van der Waals surface area contributed by atoms with Gasteiger partial charge in [0.2, 0.25) is 0 Å². The highest BCUT2D eigenvalue weighted by molar-refractivity contribution is 5.85. The lowest BCUT2D eigenvalue weighted by atomic mass is 9.72. The third kappa shape index (κ3) is 3.58. The lowest BCUT2D eigenvalue weighted by Crippen LogP contribution is -2.53. The molecule has 1 aliphatic heterocycles. The van der Waals surface area contributed by atoms with Crippen LogP contribution in [0.3, 0.4) is 0 Å². The highest BCUT2D eigenvalue weighted by Crippen LogP contribution is 2.38. The Balaban J connectivity index is 1.53. The summed E-state index contributed by atoms with van der Waals surface area (Å²) in [7, 11) is 0. The summed E-state index contributed by atoms with van der Waals surface area (Å²) in [5, 5.41) is 3.65. The Hall–Kier alpha value is -2.21. The van der Waals surface area contributed by atoms with Crippen molar-refractivity contribution in [2.75, 3.05) is 0 Å². The van der Waals surface area contributed by atoms with Crippen LogP contribution in [0.1, 0.15) is 49.8 Å². The molecule has 1 aromatic heterocycles. The Bertz CT molecular complexity index is 846. The molecule has 4 atom stereocenters. The predicted molar refractivity (Wildman–Crippen MR) is 100 cm³/mol. The van der Waals surface area contributed by atoms with E-state index in [0.717, 1.165) is 43.4 Å². The van der Waals surface area contributed by atoms with Crippen LogP contribution < -0.4 is 5.32 Å². The van der Waals surface area contributed by atoms with Crippen molar-refractivity contribution in [3.05, 3.63) is 53.7 Å². The van der Waals surface area contributed by atoms with Gasteiger partial charge in [-0.25, -0.2) is 0 Å². The van der Waals surface area contributed by atoms with Crippen LogP contribution in [0.4, 0.5) is 13.2 Å². The number of nitrogens with zero attached hydrogens (tertiary/aromatic N) is 1. The van der Waals surface area contributed by atoms with Crippen LogP contribution in [0.25, 0.3) is 11.3 Å². The maximum Gasteiger partial charge on any atom is 0.416 e. The number of carbonyl (C=O) groups is 1. The first-order chi connectivity index (χ1) is 13.3. The van der Waals surface area contributed by atoms with E-state index in [1.54, 1.807) is 6.20 Å². The standard InChI is InChI=1S/C22H23F3N2O/c1-13-20(27-19-5-3-2-4-17(19)21(13)28)15-8-11-18(26-12-15)14-6-9-16(10-7-14)22(23,24)25/h6-13,17,19-20,27H,2-5H2,1H3. The molecule has 0 bridgehead atoms. The average Bonchev–Trinajstić information content (AvgIpc) is 2.70. The Kier molecular flexibility index (Phi) is 5.00. The summed E-state index contributed by atoms with van der Waals surface area (Å²) < 4.78 is 38.2. The van der Waals surface area contributed by atoms with Gasteiger partial charge in [-0.2, -0.15) is 13.2 Å².